The normalized spacial score (nSPS) is 10.8. The number of aliphatic carboxylic acids is 1. The Balaban J connectivity index is 1.97. The second-order valence-electron chi connectivity index (χ2n) is 5.75. The van der Waals surface area contributed by atoms with E-state index in [0.717, 1.165) is 22.0 Å². The molecule has 0 atom stereocenters. The number of rotatable bonds is 5. The highest BCUT2D eigenvalue weighted by Gasteiger charge is 2.14. The third-order valence-corrected chi connectivity index (χ3v) is 3.96. The minimum absolute atomic E-state index is 0.0221. The van der Waals surface area contributed by atoms with Crippen LogP contribution in [0.25, 0.3) is 10.9 Å². The predicted molar refractivity (Wildman–Crippen MR) is 93.1 cm³/mol. The number of hydrogen-bond acceptors (Lipinski definition) is 3. The van der Waals surface area contributed by atoms with Crippen LogP contribution in [0.2, 0.25) is 0 Å². The first-order chi connectivity index (χ1) is 11.5. The SMILES string of the molecule is Nc1cccc(Cc2cn(C(=O)CCC(=O)O)c3ccccc23)c1. The highest BCUT2D eigenvalue weighted by Crippen LogP contribution is 2.25. The van der Waals surface area contributed by atoms with Gasteiger partial charge in [-0.05, 0) is 35.7 Å². The van der Waals surface area contributed by atoms with E-state index in [2.05, 4.69) is 0 Å². The highest BCUT2D eigenvalue weighted by molar-refractivity contribution is 5.95. The van der Waals surface area contributed by atoms with E-state index < -0.39 is 5.97 Å². The van der Waals surface area contributed by atoms with Crippen LogP contribution in [-0.2, 0) is 11.2 Å². The molecule has 2 aromatic carbocycles. The molecule has 0 aliphatic rings. The molecule has 1 heterocycles. The Labute approximate surface area is 139 Å². The summed E-state index contributed by atoms with van der Waals surface area (Å²) < 4.78 is 1.56. The summed E-state index contributed by atoms with van der Waals surface area (Å²) in [6, 6.07) is 15.3. The molecule has 0 bridgehead atoms. The van der Waals surface area contributed by atoms with Gasteiger partial charge in [-0.15, -0.1) is 0 Å². The number of carbonyl (C=O) groups excluding carboxylic acids is 1. The van der Waals surface area contributed by atoms with E-state index in [-0.39, 0.29) is 18.7 Å². The lowest BCUT2D eigenvalue weighted by Gasteiger charge is -2.02. The van der Waals surface area contributed by atoms with E-state index in [1.807, 2.05) is 48.5 Å². The topological polar surface area (TPSA) is 85.3 Å². The van der Waals surface area contributed by atoms with Gasteiger partial charge in [0.25, 0.3) is 0 Å². The van der Waals surface area contributed by atoms with Crippen molar-refractivity contribution >= 4 is 28.5 Å². The van der Waals surface area contributed by atoms with Crippen LogP contribution < -0.4 is 5.73 Å². The van der Waals surface area contributed by atoms with Crippen LogP contribution in [0.1, 0.15) is 28.8 Å². The molecule has 0 radical (unpaired) electrons. The number of para-hydroxylation sites is 1. The zero-order valence-electron chi connectivity index (χ0n) is 13.1. The summed E-state index contributed by atoms with van der Waals surface area (Å²) in [5.74, 6) is -1.19. The van der Waals surface area contributed by atoms with Gasteiger partial charge < -0.3 is 10.8 Å². The third kappa shape index (κ3) is 3.30. The monoisotopic (exact) mass is 322 g/mol. The molecule has 1 aromatic heterocycles. The van der Waals surface area contributed by atoms with Gasteiger partial charge in [0.05, 0.1) is 11.9 Å². The fourth-order valence-corrected chi connectivity index (χ4v) is 2.85. The maximum absolute atomic E-state index is 12.4. The van der Waals surface area contributed by atoms with Gasteiger partial charge in [-0.3, -0.25) is 14.2 Å². The van der Waals surface area contributed by atoms with E-state index >= 15 is 0 Å². The number of carboxylic acids is 1. The standard InChI is InChI=1S/C19H18N2O3/c20-15-5-3-4-13(11-15)10-14-12-21(18(22)8-9-19(23)24)17-7-2-1-6-16(14)17/h1-7,11-12H,8-10,20H2,(H,23,24). The molecular formula is C19H18N2O3. The molecule has 0 fully saturated rings. The average molecular weight is 322 g/mol. The summed E-state index contributed by atoms with van der Waals surface area (Å²) in [4.78, 5) is 23.1. The molecule has 3 N–H and O–H groups in total. The summed E-state index contributed by atoms with van der Waals surface area (Å²) in [6.07, 6.45) is 2.27. The lowest BCUT2D eigenvalue weighted by Crippen LogP contribution is -2.11. The Kier molecular flexibility index (Phi) is 4.33. The molecule has 5 nitrogen and oxygen atoms in total. The van der Waals surface area contributed by atoms with E-state index in [9.17, 15) is 9.59 Å². The average Bonchev–Trinajstić information content (AvgIpc) is 2.92. The lowest BCUT2D eigenvalue weighted by atomic mass is 10.0. The molecule has 0 amide bonds. The fraction of sp³-hybridized carbons (Fsp3) is 0.158. The van der Waals surface area contributed by atoms with Crippen LogP contribution in [0.5, 0.6) is 0 Å². The van der Waals surface area contributed by atoms with Crippen LogP contribution >= 0.6 is 0 Å². The van der Waals surface area contributed by atoms with E-state index in [0.29, 0.717) is 12.1 Å². The van der Waals surface area contributed by atoms with Crippen LogP contribution in [0, 0.1) is 0 Å². The lowest BCUT2D eigenvalue weighted by molar-refractivity contribution is -0.136. The van der Waals surface area contributed by atoms with E-state index in [4.69, 9.17) is 10.8 Å². The predicted octanol–water partition coefficient (Wildman–Crippen LogP) is 3.32. The summed E-state index contributed by atoms with van der Waals surface area (Å²) in [5.41, 5.74) is 9.41. The van der Waals surface area contributed by atoms with Crippen LogP contribution in [-0.4, -0.2) is 21.6 Å². The molecule has 122 valence electrons. The molecule has 0 spiro atoms. The number of hydrogen-bond donors (Lipinski definition) is 2. The summed E-state index contributed by atoms with van der Waals surface area (Å²) >= 11 is 0. The van der Waals surface area contributed by atoms with Crippen LogP contribution in [0.4, 0.5) is 5.69 Å². The number of carboxylic acid groups (broad SMARTS) is 1. The molecule has 0 aliphatic carbocycles. The van der Waals surface area contributed by atoms with Crippen molar-refractivity contribution in [1.82, 2.24) is 4.57 Å². The van der Waals surface area contributed by atoms with Crippen molar-refractivity contribution in [3.05, 3.63) is 65.9 Å². The number of anilines is 1. The number of benzene rings is 2. The summed E-state index contributed by atoms with van der Waals surface area (Å²) in [7, 11) is 0. The second-order valence-corrected chi connectivity index (χ2v) is 5.75. The molecule has 3 aromatic rings. The summed E-state index contributed by atoms with van der Waals surface area (Å²) in [5, 5.41) is 9.76. The molecule has 0 aliphatic heterocycles. The molecule has 5 heteroatoms. The molecule has 0 unspecified atom stereocenters. The zero-order chi connectivity index (χ0) is 17.1. The second kappa shape index (κ2) is 6.58. The zero-order valence-corrected chi connectivity index (χ0v) is 13.1. The minimum Gasteiger partial charge on any atom is -0.481 e. The third-order valence-electron chi connectivity index (χ3n) is 3.96. The molecule has 0 saturated carbocycles. The Hall–Kier alpha value is -3.08. The van der Waals surface area contributed by atoms with Gasteiger partial charge in [0.2, 0.25) is 5.91 Å². The maximum Gasteiger partial charge on any atom is 0.303 e. The van der Waals surface area contributed by atoms with Crippen LogP contribution in [0.3, 0.4) is 0 Å². The van der Waals surface area contributed by atoms with Crippen molar-refractivity contribution in [2.24, 2.45) is 0 Å². The van der Waals surface area contributed by atoms with Crippen molar-refractivity contribution in [2.45, 2.75) is 19.3 Å². The van der Waals surface area contributed by atoms with Gasteiger partial charge in [-0.1, -0.05) is 30.3 Å². The van der Waals surface area contributed by atoms with Gasteiger partial charge in [0, 0.05) is 23.7 Å². The van der Waals surface area contributed by atoms with Crippen LogP contribution in [0.15, 0.2) is 54.7 Å². The van der Waals surface area contributed by atoms with Gasteiger partial charge in [-0.2, -0.15) is 0 Å². The molecule has 3 rings (SSSR count). The molecular weight excluding hydrogens is 304 g/mol. The Morgan fingerprint density at radius 1 is 1.04 bits per heavy atom. The Morgan fingerprint density at radius 2 is 1.83 bits per heavy atom. The highest BCUT2D eigenvalue weighted by atomic mass is 16.4. The van der Waals surface area contributed by atoms with Gasteiger partial charge in [0.15, 0.2) is 0 Å². The van der Waals surface area contributed by atoms with E-state index in [1.54, 1.807) is 10.8 Å². The summed E-state index contributed by atoms with van der Waals surface area (Å²) in [6.45, 7) is 0. The van der Waals surface area contributed by atoms with Gasteiger partial charge in [-0.25, -0.2) is 0 Å². The van der Waals surface area contributed by atoms with Gasteiger partial charge >= 0.3 is 5.97 Å². The maximum atomic E-state index is 12.4. The fourth-order valence-electron chi connectivity index (χ4n) is 2.85. The number of nitrogens with two attached hydrogens (primary N) is 1. The molecule has 0 saturated heterocycles. The first-order valence-corrected chi connectivity index (χ1v) is 7.73. The Morgan fingerprint density at radius 3 is 2.58 bits per heavy atom. The quantitative estimate of drug-likeness (QED) is 0.706. The Bertz CT molecular complexity index is 912. The van der Waals surface area contributed by atoms with E-state index in [1.165, 1.54) is 0 Å². The van der Waals surface area contributed by atoms with Crippen molar-refractivity contribution in [2.75, 3.05) is 5.73 Å². The minimum atomic E-state index is -0.972. The van der Waals surface area contributed by atoms with Crippen molar-refractivity contribution in [3.63, 3.8) is 0 Å². The number of nitrogens with zero attached hydrogens (tertiary/aromatic N) is 1. The number of aromatic nitrogens is 1. The van der Waals surface area contributed by atoms with Crippen molar-refractivity contribution in [3.8, 4) is 0 Å². The first kappa shape index (κ1) is 15.8. The number of carbonyl (C=O) groups is 2. The molecule has 24 heavy (non-hydrogen) atoms. The number of nitrogen functional groups attached to an aromatic ring is 1. The van der Waals surface area contributed by atoms with Crippen molar-refractivity contribution < 1.29 is 14.7 Å². The largest absolute Gasteiger partial charge is 0.481 e. The number of fused-ring (bicyclic) bond motifs is 1. The van der Waals surface area contributed by atoms with Crippen molar-refractivity contribution in [1.29, 1.82) is 0 Å². The first-order valence-electron chi connectivity index (χ1n) is 7.73. The van der Waals surface area contributed by atoms with Gasteiger partial charge in [0.1, 0.15) is 0 Å². The smallest absolute Gasteiger partial charge is 0.303 e.